The van der Waals surface area contributed by atoms with Gasteiger partial charge in [-0.1, -0.05) is 34.1 Å². The molecule has 2 heterocycles. The summed E-state index contributed by atoms with van der Waals surface area (Å²) in [6.45, 7) is -0.243. The number of furan rings is 1. The number of aromatic nitrogens is 2. The van der Waals surface area contributed by atoms with E-state index in [1.807, 2.05) is 6.07 Å². The van der Waals surface area contributed by atoms with Crippen LogP contribution >= 0.6 is 15.9 Å². The molecule has 0 saturated heterocycles. The molecule has 146 valence electrons. The number of fused-ring (bicyclic) bond motifs is 1. The van der Waals surface area contributed by atoms with E-state index in [-0.39, 0.29) is 19.0 Å². The van der Waals surface area contributed by atoms with Crippen LogP contribution in [-0.2, 0) is 17.9 Å². The molecule has 0 aliphatic heterocycles. The first-order valence-corrected chi connectivity index (χ1v) is 9.62. The number of anilines is 1. The zero-order valence-corrected chi connectivity index (χ0v) is 16.8. The Kier molecular flexibility index (Phi) is 5.18. The topological polar surface area (TPSA) is 86.2 Å². The molecule has 0 aliphatic carbocycles. The van der Waals surface area contributed by atoms with Crippen LogP contribution in [0.15, 0.2) is 85.4 Å². The predicted octanol–water partition coefficient (Wildman–Crippen LogP) is 3.21. The van der Waals surface area contributed by atoms with Crippen molar-refractivity contribution in [2.24, 2.45) is 0 Å². The number of carbonyl (C=O) groups excluding carboxylic acids is 1. The predicted molar refractivity (Wildman–Crippen MR) is 113 cm³/mol. The van der Waals surface area contributed by atoms with E-state index in [2.05, 4.69) is 21.2 Å². The Morgan fingerprint density at radius 3 is 2.59 bits per heavy atom. The van der Waals surface area contributed by atoms with Gasteiger partial charge in [0.25, 0.3) is 5.56 Å². The highest BCUT2D eigenvalue weighted by atomic mass is 79.9. The minimum atomic E-state index is -0.575. The van der Waals surface area contributed by atoms with Gasteiger partial charge in [-0.2, -0.15) is 0 Å². The Labute approximate surface area is 173 Å². The Bertz CT molecular complexity index is 1310. The lowest BCUT2D eigenvalue weighted by atomic mass is 10.2. The van der Waals surface area contributed by atoms with Crippen LogP contribution in [0, 0.1) is 0 Å². The van der Waals surface area contributed by atoms with Gasteiger partial charge in [0.05, 0.1) is 23.7 Å². The second-order valence-corrected chi connectivity index (χ2v) is 7.33. The molecule has 29 heavy (non-hydrogen) atoms. The molecule has 2 aromatic heterocycles. The van der Waals surface area contributed by atoms with E-state index >= 15 is 0 Å². The third kappa shape index (κ3) is 3.93. The quantitative estimate of drug-likeness (QED) is 0.502. The number of benzene rings is 2. The molecule has 2 aromatic carbocycles. The second kappa shape index (κ2) is 7.92. The molecule has 0 aliphatic rings. The van der Waals surface area contributed by atoms with Crippen LogP contribution in [0.5, 0.6) is 0 Å². The third-order valence-electron chi connectivity index (χ3n) is 4.44. The van der Waals surface area contributed by atoms with Crippen molar-refractivity contribution in [2.45, 2.75) is 13.1 Å². The second-order valence-electron chi connectivity index (χ2n) is 6.42. The van der Waals surface area contributed by atoms with Crippen molar-refractivity contribution in [2.75, 3.05) is 5.32 Å². The lowest BCUT2D eigenvalue weighted by Crippen LogP contribution is -2.42. The van der Waals surface area contributed by atoms with Crippen molar-refractivity contribution >= 4 is 38.4 Å². The molecule has 4 rings (SSSR count). The molecule has 1 amide bonds. The average molecular weight is 454 g/mol. The normalized spacial score (nSPS) is 10.9. The summed E-state index contributed by atoms with van der Waals surface area (Å²) in [5, 5.41) is 3.12. The fourth-order valence-electron chi connectivity index (χ4n) is 3.13. The highest BCUT2D eigenvalue weighted by Gasteiger charge is 2.16. The van der Waals surface area contributed by atoms with E-state index in [0.717, 1.165) is 9.04 Å². The number of carbonyl (C=O) groups is 1. The maximum absolute atomic E-state index is 13.1. The number of hydrogen-bond donors (Lipinski definition) is 1. The fourth-order valence-corrected chi connectivity index (χ4v) is 3.53. The van der Waals surface area contributed by atoms with E-state index in [9.17, 15) is 14.4 Å². The number of halogens is 1. The van der Waals surface area contributed by atoms with Gasteiger partial charge in [-0.15, -0.1) is 0 Å². The summed E-state index contributed by atoms with van der Waals surface area (Å²) < 4.78 is 8.48. The number of amides is 1. The third-order valence-corrected chi connectivity index (χ3v) is 4.93. The zero-order valence-electron chi connectivity index (χ0n) is 15.2. The van der Waals surface area contributed by atoms with Crippen LogP contribution in [0.3, 0.4) is 0 Å². The number of nitrogens with zero attached hydrogens (tertiary/aromatic N) is 2. The molecule has 0 bridgehead atoms. The van der Waals surface area contributed by atoms with Crippen molar-refractivity contribution in [1.29, 1.82) is 0 Å². The van der Waals surface area contributed by atoms with Crippen LogP contribution in [0.2, 0.25) is 0 Å². The summed E-state index contributed by atoms with van der Waals surface area (Å²) in [5.41, 5.74) is 0.00774. The fraction of sp³-hybridized carbons (Fsp3) is 0.0952. The van der Waals surface area contributed by atoms with Gasteiger partial charge in [0.1, 0.15) is 12.3 Å². The van der Waals surface area contributed by atoms with Crippen molar-refractivity contribution in [3.8, 4) is 0 Å². The maximum atomic E-state index is 13.1. The number of rotatable bonds is 5. The van der Waals surface area contributed by atoms with Gasteiger partial charge < -0.3 is 9.73 Å². The van der Waals surface area contributed by atoms with E-state index < -0.39 is 11.2 Å². The molecule has 0 saturated carbocycles. The minimum absolute atomic E-state index is 0.0112. The van der Waals surface area contributed by atoms with Crippen LogP contribution in [-0.4, -0.2) is 15.0 Å². The lowest BCUT2D eigenvalue weighted by Gasteiger charge is -2.13. The van der Waals surface area contributed by atoms with E-state index in [1.165, 1.54) is 10.8 Å². The first-order chi connectivity index (χ1) is 14.0. The van der Waals surface area contributed by atoms with Crippen LogP contribution in [0.25, 0.3) is 10.9 Å². The number of para-hydroxylation sites is 1. The SMILES string of the molecule is O=C(Cn1c(=O)n(Cc2ccco2)c(=O)c2ccccc21)Nc1cccc(Br)c1. The largest absolute Gasteiger partial charge is 0.467 e. The van der Waals surface area contributed by atoms with Gasteiger partial charge in [0, 0.05) is 10.2 Å². The minimum Gasteiger partial charge on any atom is -0.467 e. The van der Waals surface area contributed by atoms with Gasteiger partial charge in [-0.05, 0) is 42.5 Å². The van der Waals surface area contributed by atoms with Crippen molar-refractivity contribution in [3.63, 3.8) is 0 Å². The maximum Gasteiger partial charge on any atom is 0.332 e. The van der Waals surface area contributed by atoms with Crippen molar-refractivity contribution < 1.29 is 9.21 Å². The summed E-state index contributed by atoms with van der Waals surface area (Å²) in [6.07, 6.45) is 1.48. The van der Waals surface area contributed by atoms with Gasteiger partial charge in [0.2, 0.25) is 5.91 Å². The van der Waals surface area contributed by atoms with Crippen molar-refractivity contribution in [1.82, 2.24) is 9.13 Å². The van der Waals surface area contributed by atoms with E-state index in [0.29, 0.717) is 22.4 Å². The van der Waals surface area contributed by atoms with E-state index in [4.69, 9.17) is 4.42 Å². The molecule has 8 heteroatoms. The van der Waals surface area contributed by atoms with Gasteiger partial charge >= 0.3 is 5.69 Å². The van der Waals surface area contributed by atoms with E-state index in [1.54, 1.807) is 54.6 Å². The highest BCUT2D eigenvalue weighted by Crippen LogP contribution is 2.16. The van der Waals surface area contributed by atoms with Crippen LogP contribution < -0.4 is 16.6 Å². The monoisotopic (exact) mass is 453 g/mol. The molecule has 0 spiro atoms. The van der Waals surface area contributed by atoms with Crippen LogP contribution in [0.1, 0.15) is 5.76 Å². The first kappa shape index (κ1) is 18.9. The van der Waals surface area contributed by atoms with Gasteiger partial charge in [0.15, 0.2) is 0 Å². The molecule has 7 nitrogen and oxygen atoms in total. The first-order valence-electron chi connectivity index (χ1n) is 8.83. The standard InChI is InChI=1S/C21H16BrN3O4/c22-14-5-3-6-15(11-14)23-19(26)13-24-18-9-2-1-8-17(18)20(27)25(21(24)28)12-16-7-4-10-29-16/h1-11H,12-13H2,(H,23,26). The molecule has 4 aromatic rings. The molecule has 0 unspecified atom stereocenters. The molecule has 1 N–H and O–H groups in total. The summed E-state index contributed by atoms with van der Waals surface area (Å²) in [5.74, 6) is 0.100. The molecular formula is C21H16BrN3O4. The van der Waals surface area contributed by atoms with Gasteiger partial charge in [-0.3, -0.25) is 18.7 Å². The molecule has 0 radical (unpaired) electrons. The Balaban J connectivity index is 1.75. The van der Waals surface area contributed by atoms with Gasteiger partial charge in [-0.25, -0.2) is 4.79 Å². The highest BCUT2D eigenvalue weighted by molar-refractivity contribution is 9.10. The molecule has 0 atom stereocenters. The Morgan fingerprint density at radius 2 is 1.83 bits per heavy atom. The Morgan fingerprint density at radius 1 is 1.00 bits per heavy atom. The summed E-state index contributed by atoms with van der Waals surface area (Å²) >= 11 is 3.36. The smallest absolute Gasteiger partial charge is 0.332 e. The number of hydrogen-bond acceptors (Lipinski definition) is 4. The summed E-state index contributed by atoms with van der Waals surface area (Å²) in [7, 11) is 0. The zero-order chi connectivity index (χ0) is 20.4. The van der Waals surface area contributed by atoms with Crippen molar-refractivity contribution in [3.05, 3.63) is 98.0 Å². The number of nitrogens with one attached hydrogen (secondary N) is 1. The average Bonchev–Trinajstić information content (AvgIpc) is 3.22. The lowest BCUT2D eigenvalue weighted by molar-refractivity contribution is -0.116. The summed E-state index contributed by atoms with van der Waals surface area (Å²) in [4.78, 5) is 38.5. The van der Waals surface area contributed by atoms with Crippen LogP contribution in [0.4, 0.5) is 5.69 Å². The Hall–Kier alpha value is -3.39. The molecule has 0 fully saturated rings. The molecular weight excluding hydrogens is 438 g/mol. The summed E-state index contributed by atoms with van der Waals surface area (Å²) in [6, 6.07) is 17.3.